The second kappa shape index (κ2) is 9.92. The fraction of sp³-hybridized carbons (Fsp3) is 0.542. The van der Waals surface area contributed by atoms with E-state index in [2.05, 4.69) is 4.74 Å². The summed E-state index contributed by atoms with van der Waals surface area (Å²) < 4.78 is 40.2. The number of aliphatic hydroxyl groups excluding tert-OH is 2. The average molecular weight is 436 g/mol. The van der Waals surface area contributed by atoms with Crippen LogP contribution in [0.1, 0.15) is 36.8 Å². The Hall–Kier alpha value is -2.25. The number of carbonyl (C=O) groups excluding carboxylic acids is 1. The minimum atomic E-state index is -3.22. The first kappa shape index (κ1) is 23.4. The molecule has 2 fully saturated rings. The predicted molar refractivity (Wildman–Crippen MR) is 111 cm³/mol. The molecule has 0 aromatic heterocycles. The molecule has 0 bridgehead atoms. The first-order valence-corrected chi connectivity index (χ1v) is 10.6. The summed E-state index contributed by atoms with van der Waals surface area (Å²) in [5, 5.41) is 20.7. The molecule has 0 amide bonds. The molecule has 0 spiro atoms. The third kappa shape index (κ3) is 5.52. The van der Waals surface area contributed by atoms with Crippen LogP contribution in [0.2, 0.25) is 0 Å². The number of aliphatic hydroxyl groups is 2. The molecule has 1 saturated heterocycles. The molecule has 1 aliphatic heterocycles. The molecule has 3 rings (SSSR count). The molecule has 2 aliphatic rings. The third-order valence-corrected chi connectivity index (χ3v) is 5.98. The van der Waals surface area contributed by atoms with E-state index < -0.39 is 41.8 Å². The lowest BCUT2D eigenvalue weighted by Crippen LogP contribution is -2.33. The van der Waals surface area contributed by atoms with Gasteiger partial charge in [-0.15, -0.1) is 0 Å². The highest BCUT2D eigenvalue weighted by molar-refractivity contribution is 5.69. The minimum absolute atomic E-state index is 0.114. The van der Waals surface area contributed by atoms with E-state index in [1.807, 2.05) is 31.2 Å². The van der Waals surface area contributed by atoms with Gasteiger partial charge in [0.05, 0.1) is 25.2 Å². The van der Waals surface area contributed by atoms with Crippen molar-refractivity contribution in [3.8, 4) is 0 Å². The van der Waals surface area contributed by atoms with E-state index in [-0.39, 0.29) is 25.2 Å². The SMILES string of the molecule is COC(=O)CCCC=C1O[C@H]2C[C@@H](O)[C@H](C=CC(O)Cc3cccc(C)c3)[C@H]2C1(F)F. The van der Waals surface area contributed by atoms with Crippen LogP contribution in [0, 0.1) is 18.8 Å². The maximum Gasteiger partial charge on any atom is 0.310 e. The van der Waals surface area contributed by atoms with Crippen LogP contribution in [-0.4, -0.2) is 47.5 Å². The lowest BCUT2D eigenvalue weighted by molar-refractivity contribution is -0.140. The zero-order valence-electron chi connectivity index (χ0n) is 17.8. The van der Waals surface area contributed by atoms with Crippen LogP contribution in [0.3, 0.4) is 0 Å². The molecule has 5 atom stereocenters. The number of aryl methyl sites for hydroxylation is 1. The maximum absolute atomic E-state index is 15.1. The predicted octanol–water partition coefficient (Wildman–Crippen LogP) is 3.71. The number of carbonyl (C=O) groups is 1. The number of alkyl halides is 2. The highest BCUT2D eigenvalue weighted by Crippen LogP contribution is 2.54. The number of esters is 1. The van der Waals surface area contributed by atoms with Crippen molar-refractivity contribution in [2.75, 3.05) is 7.11 Å². The van der Waals surface area contributed by atoms with Gasteiger partial charge in [-0.1, -0.05) is 42.0 Å². The summed E-state index contributed by atoms with van der Waals surface area (Å²) in [4.78, 5) is 11.2. The van der Waals surface area contributed by atoms with Gasteiger partial charge in [0.2, 0.25) is 0 Å². The fourth-order valence-corrected chi connectivity index (χ4v) is 4.45. The zero-order valence-corrected chi connectivity index (χ0v) is 17.8. The highest BCUT2D eigenvalue weighted by atomic mass is 19.3. The summed E-state index contributed by atoms with van der Waals surface area (Å²) in [5.41, 5.74) is 2.03. The molecule has 0 radical (unpaired) electrons. The highest BCUT2D eigenvalue weighted by Gasteiger charge is 2.63. The van der Waals surface area contributed by atoms with Crippen molar-refractivity contribution in [1.29, 1.82) is 0 Å². The molecule has 5 nitrogen and oxygen atoms in total. The summed E-state index contributed by atoms with van der Waals surface area (Å²) in [7, 11) is 1.28. The first-order valence-electron chi connectivity index (χ1n) is 10.6. The maximum atomic E-state index is 15.1. The van der Waals surface area contributed by atoms with Crippen molar-refractivity contribution in [3.63, 3.8) is 0 Å². The molecule has 170 valence electrons. The second-order valence-electron chi connectivity index (χ2n) is 8.37. The first-order chi connectivity index (χ1) is 14.7. The Kier molecular flexibility index (Phi) is 7.49. The Bertz CT molecular complexity index is 835. The number of ether oxygens (including phenoxy) is 2. The van der Waals surface area contributed by atoms with Crippen molar-refractivity contribution in [2.45, 2.75) is 63.3 Å². The van der Waals surface area contributed by atoms with Crippen LogP contribution in [0.5, 0.6) is 0 Å². The monoisotopic (exact) mass is 436 g/mol. The van der Waals surface area contributed by atoms with Gasteiger partial charge < -0.3 is 19.7 Å². The van der Waals surface area contributed by atoms with E-state index >= 15 is 8.78 Å². The number of methoxy groups -OCH3 is 1. The molecule has 1 aromatic rings. The Labute approximate surface area is 181 Å². The molecule has 1 aliphatic carbocycles. The van der Waals surface area contributed by atoms with Crippen LogP contribution >= 0.6 is 0 Å². The summed E-state index contributed by atoms with van der Waals surface area (Å²) in [6, 6.07) is 7.74. The van der Waals surface area contributed by atoms with Gasteiger partial charge in [-0.3, -0.25) is 4.79 Å². The van der Waals surface area contributed by atoms with Crippen molar-refractivity contribution in [3.05, 3.63) is 59.4 Å². The lowest BCUT2D eigenvalue weighted by Gasteiger charge is -2.22. The number of benzene rings is 1. The second-order valence-corrected chi connectivity index (χ2v) is 8.37. The zero-order chi connectivity index (χ0) is 22.6. The quantitative estimate of drug-likeness (QED) is 0.369. The van der Waals surface area contributed by atoms with Gasteiger partial charge in [-0.2, -0.15) is 8.78 Å². The van der Waals surface area contributed by atoms with Crippen molar-refractivity contribution in [1.82, 2.24) is 0 Å². The van der Waals surface area contributed by atoms with Gasteiger partial charge in [0.15, 0.2) is 5.76 Å². The number of hydrogen-bond donors (Lipinski definition) is 2. The van der Waals surface area contributed by atoms with Crippen LogP contribution in [0.15, 0.2) is 48.3 Å². The molecule has 1 unspecified atom stereocenters. The Morgan fingerprint density at radius 2 is 2.19 bits per heavy atom. The standard InChI is InChI=1S/C24H30F2O5/c1-15-6-5-7-16(12-15)13-17(27)10-11-18-19(28)14-20-23(18)24(25,26)21(31-20)8-3-4-9-22(29)30-2/h5-8,10-12,17-20,23,27-28H,3-4,9,13-14H2,1-2H3/t17?,18-,19+,20-,23+/m0/s1. The van der Waals surface area contributed by atoms with Gasteiger partial charge in [0.25, 0.3) is 0 Å². The van der Waals surface area contributed by atoms with Gasteiger partial charge in [0, 0.05) is 25.2 Å². The average Bonchev–Trinajstić information content (AvgIpc) is 3.15. The molecule has 1 heterocycles. The van der Waals surface area contributed by atoms with Crippen LogP contribution in [0.4, 0.5) is 8.78 Å². The Balaban J connectivity index is 1.64. The molecule has 2 N–H and O–H groups in total. The molecule has 1 saturated carbocycles. The lowest BCUT2D eigenvalue weighted by atomic mass is 9.87. The molecule has 1 aromatic carbocycles. The summed E-state index contributed by atoms with van der Waals surface area (Å²) in [6.45, 7) is 1.96. The van der Waals surface area contributed by atoms with E-state index in [1.165, 1.54) is 25.3 Å². The van der Waals surface area contributed by atoms with E-state index in [4.69, 9.17) is 4.74 Å². The Morgan fingerprint density at radius 3 is 2.90 bits per heavy atom. The van der Waals surface area contributed by atoms with Gasteiger partial charge >= 0.3 is 11.9 Å². The number of hydrogen-bond acceptors (Lipinski definition) is 5. The topological polar surface area (TPSA) is 76.0 Å². The summed E-state index contributed by atoms with van der Waals surface area (Å²) in [6.07, 6.45) is 3.07. The van der Waals surface area contributed by atoms with E-state index in [9.17, 15) is 15.0 Å². The van der Waals surface area contributed by atoms with Crippen LogP contribution in [0.25, 0.3) is 0 Å². The van der Waals surface area contributed by atoms with Gasteiger partial charge in [-0.25, -0.2) is 0 Å². The number of allylic oxidation sites excluding steroid dienone is 2. The van der Waals surface area contributed by atoms with Crippen LogP contribution in [-0.2, 0) is 20.7 Å². The number of fused-ring (bicyclic) bond motifs is 1. The molecule has 7 heteroatoms. The van der Waals surface area contributed by atoms with Crippen molar-refractivity contribution >= 4 is 5.97 Å². The van der Waals surface area contributed by atoms with E-state index in [0.29, 0.717) is 12.8 Å². The fourth-order valence-electron chi connectivity index (χ4n) is 4.45. The van der Waals surface area contributed by atoms with E-state index in [1.54, 1.807) is 0 Å². The Morgan fingerprint density at radius 1 is 1.42 bits per heavy atom. The normalized spacial score (nSPS) is 29.2. The third-order valence-electron chi connectivity index (χ3n) is 5.98. The van der Waals surface area contributed by atoms with Gasteiger partial charge in [0.1, 0.15) is 6.10 Å². The largest absolute Gasteiger partial charge is 0.488 e. The smallest absolute Gasteiger partial charge is 0.310 e. The molecular formula is C24H30F2O5. The summed E-state index contributed by atoms with van der Waals surface area (Å²) >= 11 is 0. The van der Waals surface area contributed by atoms with Crippen molar-refractivity contribution in [2.24, 2.45) is 11.8 Å². The number of rotatable bonds is 8. The minimum Gasteiger partial charge on any atom is -0.488 e. The molecular weight excluding hydrogens is 406 g/mol. The number of unbranched alkanes of at least 4 members (excludes halogenated alkanes) is 1. The van der Waals surface area contributed by atoms with E-state index in [0.717, 1.165) is 11.1 Å². The van der Waals surface area contributed by atoms with Crippen molar-refractivity contribution < 1.29 is 33.3 Å². The number of halogens is 2. The van der Waals surface area contributed by atoms with Gasteiger partial charge in [-0.05, 0) is 31.4 Å². The molecule has 31 heavy (non-hydrogen) atoms. The van der Waals surface area contributed by atoms with Crippen LogP contribution < -0.4 is 0 Å². The summed E-state index contributed by atoms with van der Waals surface area (Å²) in [5.74, 6) is -5.99.